The van der Waals surface area contributed by atoms with Crippen molar-refractivity contribution in [1.29, 1.82) is 5.26 Å². The molecule has 0 aliphatic carbocycles. The number of nitriles is 1. The molecule has 2 aromatic rings. The Hall–Kier alpha value is -3.00. The first-order valence-electron chi connectivity index (χ1n) is 7.28. The number of amides is 1. The fraction of sp³-hybridized carbons (Fsp3) is 0.222. The van der Waals surface area contributed by atoms with Crippen LogP contribution in [0.25, 0.3) is 0 Å². The number of aryl methyl sites for hydroxylation is 1. The maximum absolute atomic E-state index is 12.0. The Morgan fingerprint density at radius 1 is 1.17 bits per heavy atom. The van der Waals surface area contributed by atoms with Gasteiger partial charge in [-0.05, 0) is 43.7 Å². The van der Waals surface area contributed by atoms with Crippen molar-refractivity contribution in [3.63, 3.8) is 0 Å². The van der Waals surface area contributed by atoms with Gasteiger partial charge in [0.05, 0.1) is 18.2 Å². The molecule has 0 heterocycles. The monoisotopic (exact) mass is 310 g/mol. The fourth-order valence-corrected chi connectivity index (χ4v) is 2.03. The maximum Gasteiger partial charge on any atom is 0.262 e. The Morgan fingerprint density at radius 3 is 2.70 bits per heavy atom. The quantitative estimate of drug-likeness (QED) is 0.888. The summed E-state index contributed by atoms with van der Waals surface area (Å²) >= 11 is 0. The van der Waals surface area contributed by atoms with E-state index < -0.39 is 0 Å². The smallest absolute Gasteiger partial charge is 0.262 e. The van der Waals surface area contributed by atoms with E-state index in [-0.39, 0.29) is 12.5 Å². The summed E-state index contributed by atoms with van der Waals surface area (Å²) in [6.45, 7) is 4.10. The van der Waals surface area contributed by atoms with Gasteiger partial charge in [-0.1, -0.05) is 12.1 Å². The molecule has 1 amide bonds. The summed E-state index contributed by atoms with van der Waals surface area (Å²) in [7, 11) is 0. The molecule has 1 N–H and O–H groups in total. The highest BCUT2D eigenvalue weighted by Gasteiger charge is 2.09. The second-order valence-corrected chi connectivity index (χ2v) is 4.91. The van der Waals surface area contributed by atoms with Crippen molar-refractivity contribution in [3.05, 3.63) is 53.6 Å². The Kier molecular flexibility index (Phi) is 5.59. The first kappa shape index (κ1) is 16.4. The van der Waals surface area contributed by atoms with E-state index in [2.05, 4.69) is 5.32 Å². The highest BCUT2D eigenvalue weighted by atomic mass is 16.5. The van der Waals surface area contributed by atoms with Gasteiger partial charge in [0.1, 0.15) is 0 Å². The number of hydrogen-bond donors (Lipinski definition) is 1. The molecule has 5 heteroatoms. The first-order chi connectivity index (χ1) is 11.1. The van der Waals surface area contributed by atoms with Crippen LogP contribution in [0.1, 0.15) is 18.1 Å². The van der Waals surface area contributed by atoms with E-state index in [1.54, 1.807) is 18.2 Å². The molecule has 23 heavy (non-hydrogen) atoms. The molecular weight excluding hydrogens is 292 g/mol. The van der Waals surface area contributed by atoms with Gasteiger partial charge in [-0.25, -0.2) is 0 Å². The van der Waals surface area contributed by atoms with E-state index in [1.807, 2.05) is 44.2 Å². The highest BCUT2D eigenvalue weighted by Crippen LogP contribution is 2.28. The Bertz CT molecular complexity index is 735. The number of nitrogens with one attached hydrogen (secondary N) is 1. The van der Waals surface area contributed by atoms with Crippen LogP contribution in [0.3, 0.4) is 0 Å². The topological polar surface area (TPSA) is 71.3 Å². The van der Waals surface area contributed by atoms with Crippen molar-refractivity contribution in [2.75, 3.05) is 18.5 Å². The molecule has 0 spiro atoms. The highest BCUT2D eigenvalue weighted by molar-refractivity contribution is 5.91. The molecule has 118 valence electrons. The summed E-state index contributed by atoms with van der Waals surface area (Å²) in [5.41, 5.74) is 2.27. The molecule has 0 bridgehead atoms. The van der Waals surface area contributed by atoms with E-state index in [9.17, 15) is 4.79 Å². The zero-order valence-corrected chi connectivity index (χ0v) is 13.1. The van der Waals surface area contributed by atoms with Gasteiger partial charge in [-0.2, -0.15) is 5.26 Å². The number of rotatable bonds is 6. The van der Waals surface area contributed by atoms with E-state index in [0.29, 0.717) is 23.7 Å². The van der Waals surface area contributed by atoms with Crippen LogP contribution >= 0.6 is 0 Å². The zero-order chi connectivity index (χ0) is 16.7. The molecular formula is C18H18N2O3. The third-order valence-electron chi connectivity index (χ3n) is 3.03. The van der Waals surface area contributed by atoms with E-state index in [4.69, 9.17) is 14.7 Å². The first-order valence-corrected chi connectivity index (χ1v) is 7.28. The van der Waals surface area contributed by atoms with Crippen LogP contribution in [-0.4, -0.2) is 19.1 Å². The fourth-order valence-electron chi connectivity index (χ4n) is 2.03. The number of ether oxygens (including phenoxy) is 2. The Labute approximate surface area is 135 Å². The third-order valence-corrected chi connectivity index (χ3v) is 3.03. The summed E-state index contributed by atoms with van der Waals surface area (Å²) in [4.78, 5) is 12.0. The Morgan fingerprint density at radius 2 is 2.00 bits per heavy atom. The lowest BCUT2D eigenvalue weighted by atomic mass is 10.2. The van der Waals surface area contributed by atoms with E-state index in [0.717, 1.165) is 11.3 Å². The predicted molar refractivity (Wildman–Crippen MR) is 87.6 cm³/mol. The van der Waals surface area contributed by atoms with Crippen molar-refractivity contribution in [1.82, 2.24) is 0 Å². The number of benzene rings is 2. The van der Waals surface area contributed by atoms with Crippen molar-refractivity contribution >= 4 is 11.6 Å². The van der Waals surface area contributed by atoms with Crippen LogP contribution in [0.5, 0.6) is 11.5 Å². The summed E-state index contributed by atoms with van der Waals surface area (Å²) in [6, 6.07) is 14.4. The molecule has 2 aromatic carbocycles. The standard InChI is InChI=1S/C18H18N2O3/c1-3-22-17-10-14(11-19)7-8-16(17)23-12-18(21)20-15-6-4-5-13(2)9-15/h4-10H,3,12H2,1-2H3,(H,20,21). The SMILES string of the molecule is CCOc1cc(C#N)ccc1OCC(=O)Nc1cccc(C)c1. The molecule has 0 aromatic heterocycles. The second kappa shape index (κ2) is 7.85. The molecule has 0 radical (unpaired) electrons. The van der Waals surface area contributed by atoms with Crippen molar-refractivity contribution in [2.45, 2.75) is 13.8 Å². The Balaban J connectivity index is 2.00. The molecule has 0 aliphatic rings. The van der Waals surface area contributed by atoms with Crippen molar-refractivity contribution < 1.29 is 14.3 Å². The molecule has 0 fully saturated rings. The normalized spacial score (nSPS) is 9.78. The molecule has 0 aliphatic heterocycles. The van der Waals surface area contributed by atoms with Crippen LogP contribution in [-0.2, 0) is 4.79 Å². The third kappa shape index (κ3) is 4.75. The lowest BCUT2D eigenvalue weighted by Gasteiger charge is -2.12. The average molecular weight is 310 g/mol. The lowest BCUT2D eigenvalue weighted by Crippen LogP contribution is -2.20. The van der Waals surface area contributed by atoms with E-state index >= 15 is 0 Å². The summed E-state index contributed by atoms with van der Waals surface area (Å²) in [5.74, 6) is 0.627. The molecule has 0 saturated carbocycles. The van der Waals surface area contributed by atoms with E-state index in [1.165, 1.54) is 0 Å². The van der Waals surface area contributed by atoms with Crippen molar-refractivity contribution in [3.8, 4) is 17.6 Å². The number of nitrogens with zero attached hydrogens (tertiary/aromatic N) is 1. The van der Waals surface area contributed by atoms with Crippen molar-refractivity contribution in [2.24, 2.45) is 0 Å². The van der Waals surface area contributed by atoms with Gasteiger partial charge >= 0.3 is 0 Å². The molecule has 0 unspecified atom stereocenters. The number of anilines is 1. The van der Waals surface area contributed by atoms with Crippen LogP contribution < -0.4 is 14.8 Å². The number of carbonyl (C=O) groups is 1. The van der Waals surface area contributed by atoms with Crippen LogP contribution in [0.2, 0.25) is 0 Å². The van der Waals surface area contributed by atoms with Gasteiger partial charge in [-0.15, -0.1) is 0 Å². The largest absolute Gasteiger partial charge is 0.490 e. The van der Waals surface area contributed by atoms with Gasteiger partial charge in [0, 0.05) is 11.8 Å². The van der Waals surface area contributed by atoms with Gasteiger partial charge < -0.3 is 14.8 Å². The molecule has 0 atom stereocenters. The molecule has 2 rings (SSSR count). The summed E-state index contributed by atoms with van der Waals surface area (Å²) in [6.07, 6.45) is 0. The number of carbonyl (C=O) groups excluding carboxylic acids is 1. The second-order valence-electron chi connectivity index (χ2n) is 4.91. The van der Waals surface area contributed by atoms with Crippen LogP contribution in [0, 0.1) is 18.3 Å². The van der Waals surface area contributed by atoms with Gasteiger partial charge in [0.15, 0.2) is 18.1 Å². The van der Waals surface area contributed by atoms with Crippen LogP contribution in [0.4, 0.5) is 5.69 Å². The maximum atomic E-state index is 12.0. The number of hydrogen-bond acceptors (Lipinski definition) is 4. The minimum atomic E-state index is -0.262. The minimum Gasteiger partial charge on any atom is -0.490 e. The zero-order valence-electron chi connectivity index (χ0n) is 13.1. The predicted octanol–water partition coefficient (Wildman–Crippen LogP) is 3.28. The minimum absolute atomic E-state index is 0.139. The van der Waals surface area contributed by atoms with Gasteiger partial charge in [-0.3, -0.25) is 4.79 Å². The molecule has 5 nitrogen and oxygen atoms in total. The summed E-state index contributed by atoms with van der Waals surface area (Å²) in [5, 5.41) is 11.7. The van der Waals surface area contributed by atoms with Gasteiger partial charge in [0.25, 0.3) is 5.91 Å². The van der Waals surface area contributed by atoms with Crippen LogP contribution in [0.15, 0.2) is 42.5 Å². The lowest BCUT2D eigenvalue weighted by molar-refractivity contribution is -0.118. The average Bonchev–Trinajstić information content (AvgIpc) is 2.54. The summed E-state index contributed by atoms with van der Waals surface area (Å²) < 4.78 is 10.9. The van der Waals surface area contributed by atoms with Gasteiger partial charge in [0.2, 0.25) is 0 Å². The molecule has 0 saturated heterocycles.